The van der Waals surface area contributed by atoms with Crippen molar-refractivity contribution in [3.63, 3.8) is 0 Å². The molecule has 4 aromatic heterocycles. The van der Waals surface area contributed by atoms with Crippen LogP contribution in [0.4, 0.5) is 0 Å². The second kappa shape index (κ2) is 13.0. The smallest absolute Gasteiger partial charge is 0.165 e. The molecule has 0 amide bonds. The maximum absolute atomic E-state index is 5.09. The predicted molar refractivity (Wildman–Crippen MR) is 246 cm³/mol. The number of aromatic nitrogens is 3. The SMILES string of the molecule is c1ccc(-c2nc(-c3ccccc3)nc(-c3cccc4c3sc3cc(-c5ccc(-c6ccc7sc8ccccc8c7c6)c6sc7ccccc7c56)ccc34)n2)cc1. The Morgan fingerprint density at radius 3 is 1.61 bits per heavy atom. The van der Waals surface area contributed by atoms with E-state index in [1.165, 1.54) is 82.8 Å². The zero-order valence-electron chi connectivity index (χ0n) is 30.3. The average molecular weight is 780 g/mol. The molecule has 3 nitrogen and oxygen atoms in total. The summed E-state index contributed by atoms with van der Waals surface area (Å²) in [6, 6.07) is 63.1. The van der Waals surface area contributed by atoms with Gasteiger partial charge in [-0.05, 0) is 58.7 Å². The molecule has 0 fully saturated rings. The van der Waals surface area contributed by atoms with E-state index >= 15 is 0 Å². The summed E-state index contributed by atoms with van der Waals surface area (Å²) in [6.45, 7) is 0. The molecular weight excluding hydrogens is 751 g/mol. The summed E-state index contributed by atoms with van der Waals surface area (Å²) in [5.41, 5.74) is 7.94. The van der Waals surface area contributed by atoms with E-state index in [0.717, 1.165) is 16.7 Å². The molecule has 0 saturated heterocycles. The van der Waals surface area contributed by atoms with Crippen molar-refractivity contribution in [2.45, 2.75) is 0 Å². The van der Waals surface area contributed by atoms with Crippen LogP contribution in [0.2, 0.25) is 0 Å². The van der Waals surface area contributed by atoms with E-state index in [1.54, 1.807) is 0 Å². The highest BCUT2D eigenvalue weighted by atomic mass is 32.1. The fourth-order valence-electron chi connectivity index (χ4n) is 8.26. The molecule has 12 aromatic rings. The van der Waals surface area contributed by atoms with E-state index < -0.39 is 0 Å². The maximum Gasteiger partial charge on any atom is 0.165 e. The van der Waals surface area contributed by atoms with Crippen molar-refractivity contribution in [3.05, 3.63) is 176 Å². The highest BCUT2D eigenvalue weighted by Gasteiger charge is 2.20. The molecule has 0 bridgehead atoms. The molecule has 6 heteroatoms. The van der Waals surface area contributed by atoms with Crippen molar-refractivity contribution in [1.82, 2.24) is 15.0 Å². The molecule has 12 rings (SSSR count). The lowest BCUT2D eigenvalue weighted by Gasteiger charge is -2.10. The number of nitrogens with zero attached hydrogens (tertiary/aromatic N) is 3. The van der Waals surface area contributed by atoms with Gasteiger partial charge in [-0.3, -0.25) is 0 Å². The van der Waals surface area contributed by atoms with Crippen LogP contribution in [0.3, 0.4) is 0 Å². The third-order valence-corrected chi connectivity index (χ3v) is 14.5. The third-order valence-electron chi connectivity index (χ3n) is 11.0. The minimum atomic E-state index is 0.666. The van der Waals surface area contributed by atoms with Crippen LogP contribution < -0.4 is 0 Å². The van der Waals surface area contributed by atoms with Gasteiger partial charge in [-0.25, -0.2) is 15.0 Å². The Morgan fingerprint density at radius 1 is 0.281 bits per heavy atom. The topological polar surface area (TPSA) is 38.7 Å². The first-order chi connectivity index (χ1) is 28.2. The second-order valence-corrected chi connectivity index (χ2v) is 17.5. The standard InChI is InChI=1S/C51H29N3S3/c1-3-12-30(13-4-1)49-52-50(31-14-5-2-6-15-31)54-51(53-49)40-19-11-18-38-37-24-22-33(29-45(37)57-47(38)40)34-25-26-35(48-46(34)39-17-8-10-21-43(39)56-48)32-23-27-44-41(28-32)36-16-7-9-20-42(36)55-44/h1-29H. The summed E-state index contributed by atoms with van der Waals surface area (Å²) in [6.07, 6.45) is 0. The highest BCUT2D eigenvalue weighted by molar-refractivity contribution is 7.27. The van der Waals surface area contributed by atoms with Gasteiger partial charge in [-0.2, -0.15) is 0 Å². The molecule has 8 aromatic carbocycles. The van der Waals surface area contributed by atoms with Crippen molar-refractivity contribution in [3.8, 4) is 56.4 Å². The second-order valence-electron chi connectivity index (χ2n) is 14.3. The van der Waals surface area contributed by atoms with Gasteiger partial charge in [0, 0.05) is 77.2 Å². The van der Waals surface area contributed by atoms with Crippen molar-refractivity contribution >= 4 is 94.5 Å². The predicted octanol–water partition coefficient (Wildman–Crippen LogP) is 15.3. The van der Waals surface area contributed by atoms with Gasteiger partial charge in [-0.1, -0.05) is 140 Å². The molecule has 0 unspecified atom stereocenters. The Bertz CT molecular complexity index is 3470. The molecule has 0 saturated carbocycles. The van der Waals surface area contributed by atoms with Gasteiger partial charge in [0.05, 0.1) is 0 Å². The normalized spacial score (nSPS) is 11.9. The van der Waals surface area contributed by atoms with Gasteiger partial charge >= 0.3 is 0 Å². The summed E-state index contributed by atoms with van der Waals surface area (Å²) < 4.78 is 7.70. The maximum atomic E-state index is 5.09. The molecule has 57 heavy (non-hydrogen) atoms. The average Bonchev–Trinajstić information content (AvgIpc) is 3.98. The molecule has 0 aliphatic heterocycles. The first-order valence-corrected chi connectivity index (χ1v) is 21.4. The third kappa shape index (κ3) is 5.33. The van der Waals surface area contributed by atoms with E-state index in [-0.39, 0.29) is 0 Å². The Kier molecular flexibility index (Phi) is 7.45. The molecule has 4 heterocycles. The van der Waals surface area contributed by atoms with Crippen LogP contribution in [0, 0.1) is 0 Å². The van der Waals surface area contributed by atoms with Crippen molar-refractivity contribution < 1.29 is 0 Å². The minimum Gasteiger partial charge on any atom is -0.208 e. The van der Waals surface area contributed by atoms with Crippen LogP contribution in [-0.2, 0) is 0 Å². The quantitative estimate of drug-likeness (QED) is 0.175. The van der Waals surface area contributed by atoms with Crippen LogP contribution in [0.25, 0.3) is 117 Å². The Balaban J connectivity index is 1.02. The van der Waals surface area contributed by atoms with Crippen LogP contribution in [-0.4, -0.2) is 15.0 Å². The van der Waals surface area contributed by atoms with E-state index in [0.29, 0.717) is 17.5 Å². The summed E-state index contributed by atoms with van der Waals surface area (Å²) >= 11 is 5.58. The van der Waals surface area contributed by atoms with Gasteiger partial charge in [0.25, 0.3) is 0 Å². The molecule has 0 aliphatic rings. The number of rotatable bonds is 5. The molecule has 0 radical (unpaired) electrons. The largest absolute Gasteiger partial charge is 0.208 e. The molecule has 0 N–H and O–H groups in total. The van der Waals surface area contributed by atoms with Gasteiger partial charge < -0.3 is 0 Å². The summed E-state index contributed by atoms with van der Waals surface area (Å²) in [5.74, 6) is 2.01. The molecular formula is C51H29N3S3. The zero-order chi connectivity index (χ0) is 37.5. The first-order valence-electron chi connectivity index (χ1n) is 18.9. The summed E-state index contributed by atoms with van der Waals surface area (Å²) in [7, 11) is 0. The fraction of sp³-hybridized carbons (Fsp3) is 0. The van der Waals surface area contributed by atoms with Crippen LogP contribution in [0.15, 0.2) is 176 Å². The lowest BCUT2D eigenvalue weighted by Crippen LogP contribution is -2.00. The summed E-state index contributed by atoms with van der Waals surface area (Å²) in [5, 5.41) is 7.71. The van der Waals surface area contributed by atoms with Crippen LogP contribution in [0.5, 0.6) is 0 Å². The monoisotopic (exact) mass is 779 g/mol. The van der Waals surface area contributed by atoms with Gasteiger partial charge in [-0.15, -0.1) is 34.0 Å². The van der Waals surface area contributed by atoms with Crippen molar-refractivity contribution in [2.75, 3.05) is 0 Å². The number of hydrogen-bond acceptors (Lipinski definition) is 6. The van der Waals surface area contributed by atoms with Crippen molar-refractivity contribution in [2.24, 2.45) is 0 Å². The van der Waals surface area contributed by atoms with E-state index in [2.05, 4.69) is 140 Å². The number of fused-ring (bicyclic) bond motifs is 9. The van der Waals surface area contributed by atoms with Crippen LogP contribution in [0.1, 0.15) is 0 Å². The van der Waals surface area contributed by atoms with Crippen molar-refractivity contribution in [1.29, 1.82) is 0 Å². The highest BCUT2D eigenvalue weighted by Crippen LogP contribution is 2.48. The fourth-order valence-corrected chi connectivity index (χ4v) is 11.9. The molecule has 266 valence electrons. The number of hydrogen-bond donors (Lipinski definition) is 0. The lowest BCUT2D eigenvalue weighted by atomic mass is 9.94. The first kappa shape index (κ1) is 32.7. The molecule has 0 aliphatic carbocycles. The van der Waals surface area contributed by atoms with E-state index in [1.807, 2.05) is 70.4 Å². The zero-order valence-corrected chi connectivity index (χ0v) is 32.8. The Morgan fingerprint density at radius 2 is 0.842 bits per heavy atom. The summed E-state index contributed by atoms with van der Waals surface area (Å²) in [4.78, 5) is 15.1. The number of benzene rings is 8. The lowest BCUT2D eigenvalue weighted by molar-refractivity contribution is 1.08. The van der Waals surface area contributed by atoms with E-state index in [4.69, 9.17) is 15.0 Å². The molecule has 0 atom stereocenters. The molecule has 0 spiro atoms. The minimum absolute atomic E-state index is 0.666. The van der Waals surface area contributed by atoms with Gasteiger partial charge in [0.1, 0.15) is 0 Å². The number of thiophene rings is 3. The van der Waals surface area contributed by atoms with Crippen LogP contribution >= 0.6 is 34.0 Å². The van der Waals surface area contributed by atoms with Gasteiger partial charge in [0.2, 0.25) is 0 Å². The van der Waals surface area contributed by atoms with E-state index in [9.17, 15) is 0 Å². The Hall–Kier alpha value is -6.57. The Labute approximate surface area is 339 Å². The van der Waals surface area contributed by atoms with Gasteiger partial charge in [0.15, 0.2) is 17.5 Å².